The number of aryl methyl sites for hydroxylation is 1. The Balaban J connectivity index is 2.32. The first-order valence-electron chi connectivity index (χ1n) is 5.83. The molecule has 0 aliphatic heterocycles. The molecule has 0 aliphatic carbocycles. The number of halogens is 3. The van der Waals surface area contributed by atoms with Gasteiger partial charge in [-0.25, -0.2) is 4.98 Å². The van der Waals surface area contributed by atoms with Gasteiger partial charge in [0.1, 0.15) is 6.61 Å². The van der Waals surface area contributed by atoms with Crippen LogP contribution in [0.2, 0.25) is 0 Å². The summed E-state index contributed by atoms with van der Waals surface area (Å²) in [6.45, 7) is 2.01. The molecule has 0 unspecified atom stereocenters. The molecule has 110 valence electrons. The summed E-state index contributed by atoms with van der Waals surface area (Å²) in [5.74, 6) is 0.602. The van der Waals surface area contributed by atoms with Crippen molar-refractivity contribution >= 4 is 5.95 Å². The Bertz CT molecular complexity index is 380. The number of rotatable bonds is 8. The summed E-state index contributed by atoms with van der Waals surface area (Å²) in [5.41, 5.74) is 0.829. The highest BCUT2D eigenvalue weighted by Gasteiger charge is 2.27. The van der Waals surface area contributed by atoms with Crippen LogP contribution in [0.15, 0.2) is 6.20 Å². The highest BCUT2D eigenvalue weighted by Crippen LogP contribution is 2.14. The average molecular weight is 281 g/mol. The van der Waals surface area contributed by atoms with E-state index in [-0.39, 0.29) is 13.2 Å². The molecule has 0 amide bonds. The molecule has 1 rings (SSSR count). The fourth-order valence-corrected chi connectivity index (χ4v) is 1.47. The number of anilines is 1. The van der Waals surface area contributed by atoms with Crippen LogP contribution in [0, 0.1) is 6.92 Å². The van der Waals surface area contributed by atoms with E-state index in [0.29, 0.717) is 19.1 Å². The SMILES string of the molecule is COCCn1cc(C)nc1NCCOCC(F)(F)F. The fraction of sp³-hybridized carbons (Fsp3) is 0.727. The monoisotopic (exact) mass is 281 g/mol. The maximum atomic E-state index is 11.8. The molecule has 0 aromatic carbocycles. The number of hydrogen-bond donors (Lipinski definition) is 1. The highest BCUT2D eigenvalue weighted by molar-refractivity contribution is 5.28. The third-order valence-electron chi connectivity index (χ3n) is 2.23. The lowest BCUT2D eigenvalue weighted by molar-refractivity contribution is -0.172. The number of nitrogens with one attached hydrogen (secondary N) is 1. The minimum atomic E-state index is -4.28. The van der Waals surface area contributed by atoms with Crippen molar-refractivity contribution < 1.29 is 22.6 Å². The molecule has 1 heterocycles. The van der Waals surface area contributed by atoms with Crippen LogP contribution < -0.4 is 5.32 Å². The second kappa shape index (κ2) is 7.34. The average Bonchev–Trinajstić information content (AvgIpc) is 2.65. The summed E-state index contributed by atoms with van der Waals surface area (Å²) in [6, 6.07) is 0. The van der Waals surface area contributed by atoms with Gasteiger partial charge in [0.05, 0.1) is 18.9 Å². The lowest BCUT2D eigenvalue weighted by Crippen LogP contribution is -2.21. The molecule has 0 atom stereocenters. The Morgan fingerprint density at radius 1 is 1.37 bits per heavy atom. The predicted molar refractivity (Wildman–Crippen MR) is 64.2 cm³/mol. The highest BCUT2D eigenvalue weighted by atomic mass is 19.4. The zero-order chi connectivity index (χ0) is 14.3. The number of imidazole rings is 1. The summed E-state index contributed by atoms with van der Waals surface area (Å²) in [4.78, 5) is 4.23. The van der Waals surface area contributed by atoms with Gasteiger partial charge in [-0.1, -0.05) is 0 Å². The molecule has 0 bridgehead atoms. The molecule has 0 saturated carbocycles. The van der Waals surface area contributed by atoms with Crippen molar-refractivity contribution in [1.82, 2.24) is 9.55 Å². The van der Waals surface area contributed by atoms with Crippen LogP contribution >= 0.6 is 0 Å². The standard InChI is InChI=1S/C11H18F3N3O2/c1-9-7-17(4-6-18-2)10(16-9)15-3-5-19-8-11(12,13)14/h7H,3-6,8H2,1-2H3,(H,15,16). The lowest BCUT2D eigenvalue weighted by Gasteiger charge is -2.10. The zero-order valence-corrected chi connectivity index (χ0v) is 11.0. The lowest BCUT2D eigenvalue weighted by atomic mass is 10.5. The van der Waals surface area contributed by atoms with E-state index in [1.54, 1.807) is 7.11 Å². The Morgan fingerprint density at radius 2 is 2.11 bits per heavy atom. The van der Waals surface area contributed by atoms with Gasteiger partial charge in [-0.3, -0.25) is 0 Å². The predicted octanol–water partition coefficient (Wildman–Crippen LogP) is 1.83. The third-order valence-corrected chi connectivity index (χ3v) is 2.23. The van der Waals surface area contributed by atoms with Crippen LogP contribution in [-0.4, -0.2) is 49.2 Å². The maximum absolute atomic E-state index is 11.8. The Hall–Kier alpha value is -1.28. The number of alkyl halides is 3. The number of ether oxygens (including phenoxy) is 2. The molecule has 0 aliphatic rings. The second-order valence-electron chi connectivity index (χ2n) is 3.99. The van der Waals surface area contributed by atoms with Crippen LogP contribution in [0.1, 0.15) is 5.69 Å². The second-order valence-corrected chi connectivity index (χ2v) is 3.99. The van der Waals surface area contributed by atoms with Crippen molar-refractivity contribution in [2.24, 2.45) is 0 Å². The minimum absolute atomic E-state index is 0.0320. The Labute approximate surface area is 109 Å². The summed E-state index contributed by atoms with van der Waals surface area (Å²) < 4.78 is 46.8. The van der Waals surface area contributed by atoms with Gasteiger partial charge in [0.15, 0.2) is 0 Å². The molecule has 1 aromatic heterocycles. The molecule has 5 nitrogen and oxygen atoms in total. The van der Waals surface area contributed by atoms with Crippen molar-refractivity contribution in [3.05, 3.63) is 11.9 Å². The molecule has 8 heteroatoms. The largest absolute Gasteiger partial charge is 0.411 e. The van der Waals surface area contributed by atoms with E-state index in [1.807, 2.05) is 17.7 Å². The van der Waals surface area contributed by atoms with Gasteiger partial charge in [0, 0.05) is 26.4 Å². The van der Waals surface area contributed by atoms with E-state index in [9.17, 15) is 13.2 Å². The van der Waals surface area contributed by atoms with Gasteiger partial charge in [-0.05, 0) is 6.92 Å². The summed E-state index contributed by atoms with van der Waals surface area (Å²) >= 11 is 0. The molecule has 0 radical (unpaired) electrons. The Kier molecular flexibility index (Phi) is 6.10. The van der Waals surface area contributed by atoms with Crippen LogP contribution in [0.25, 0.3) is 0 Å². The molecule has 0 fully saturated rings. The molecule has 0 saturated heterocycles. The van der Waals surface area contributed by atoms with Gasteiger partial charge in [0.2, 0.25) is 5.95 Å². The number of hydrogen-bond acceptors (Lipinski definition) is 4. The maximum Gasteiger partial charge on any atom is 0.411 e. The Morgan fingerprint density at radius 3 is 2.74 bits per heavy atom. The number of methoxy groups -OCH3 is 1. The van der Waals surface area contributed by atoms with E-state index in [4.69, 9.17) is 4.74 Å². The molecule has 1 N–H and O–H groups in total. The van der Waals surface area contributed by atoms with Gasteiger partial charge >= 0.3 is 6.18 Å². The molecule has 1 aromatic rings. The van der Waals surface area contributed by atoms with E-state index in [1.165, 1.54) is 0 Å². The molecule has 19 heavy (non-hydrogen) atoms. The smallest absolute Gasteiger partial charge is 0.383 e. The van der Waals surface area contributed by atoms with Crippen LogP contribution in [-0.2, 0) is 16.0 Å². The fourth-order valence-electron chi connectivity index (χ4n) is 1.47. The van der Waals surface area contributed by atoms with Gasteiger partial charge < -0.3 is 19.4 Å². The first-order valence-corrected chi connectivity index (χ1v) is 5.83. The van der Waals surface area contributed by atoms with Gasteiger partial charge in [0.25, 0.3) is 0 Å². The first kappa shape index (κ1) is 15.8. The summed E-state index contributed by atoms with van der Waals surface area (Å²) in [6.07, 6.45) is -2.44. The van der Waals surface area contributed by atoms with Crippen molar-refractivity contribution in [2.45, 2.75) is 19.6 Å². The first-order chi connectivity index (χ1) is 8.92. The van der Waals surface area contributed by atoms with E-state index in [0.717, 1.165) is 5.69 Å². The minimum Gasteiger partial charge on any atom is -0.383 e. The zero-order valence-electron chi connectivity index (χ0n) is 11.0. The molecule has 0 spiro atoms. The van der Waals surface area contributed by atoms with Gasteiger partial charge in [-0.15, -0.1) is 0 Å². The summed E-state index contributed by atoms with van der Waals surface area (Å²) in [7, 11) is 1.60. The van der Waals surface area contributed by atoms with Crippen LogP contribution in [0.4, 0.5) is 19.1 Å². The summed E-state index contributed by atoms with van der Waals surface area (Å²) in [5, 5.41) is 2.93. The van der Waals surface area contributed by atoms with Crippen molar-refractivity contribution in [3.8, 4) is 0 Å². The van der Waals surface area contributed by atoms with E-state index >= 15 is 0 Å². The van der Waals surface area contributed by atoms with Gasteiger partial charge in [-0.2, -0.15) is 13.2 Å². The normalized spacial score (nSPS) is 11.8. The van der Waals surface area contributed by atoms with Crippen molar-refractivity contribution in [3.63, 3.8) is 0 Å². The van der Waals surface area contributed by atoms with Crippen LogP contribution in [0.5, 0.6) is 0 Å². The van der Waals surface area contributed by atoms with Crippen molar-refractivity contribution in [1.29, 1.82) is 0 Å². The molecular weight excluding hydrogens is 263 g/mol. The van der Waals surface area contributed by atoms with Crippen LogP contribution in [0.3, 0.4) is 0 Å². The number of nitrogens with zero attached hydrogens (tertiary/aromatic N) is 2. The topological polar surface area (TPSA) is 48.3 Å². The number of aromatic nitrogens is 2. The third kappa shape index (κ3) is 6.44. The van der Waals surface area contributed by atoms with Crippen molar-refractivity contribution in [2.75, 3.05) is 38.8 Å². The molecular formula is C11H18F3N3O2. The van der Waals surface area contributed by atoms with E-state index < -0.39 is 12.8 Å². The van der Waals surface area contributed by atoms with E-state index in [2.05, 4.69) is 15.0 Å². The quantitative estimate of drug-likeness (QED) is 0.739.